The van der Waals surface area contributed by atoms with E-state index in [-0.39, 0.29) is 11.5 Å². The molecule has 0 spiro atoms. The van der Waals surface area contributed by atoms with E-state index in [0.717, 1.165) is 33.6 Å². The van der Waals surface area contributed by atoms with Crippen molar-refractivity contribution >= 4 is 0 Å². The molecule has 0 aliphatic rings. The van der Waals surface area contributed by atoms with Gasteiger partial charge in [-0.2, -0.15) is 0 Å². The quantitative estimate of drug-likeness (QED) is 0.652. The van der Waals surface area contributed by atoms with E-state index < -0.39 is 0 Å². The third-order valence-electron chi connectivity index (χ3n) is 3.57. The fraction of sp³-hybridized carbons (Fsp3) is 0.111. The zero-order valence-electron chi connectivity index (χ0n) is 12.0. The normalized spacial score (nSPS) is 10.8. The summed E-state index contributed by atoms with van der Waals surface area (Å²) in [5, 5.41) is 20.0. The van der Waals surface area contributed by atoms with Crippen LogP contribution in [0, 0.1) is 13.8 Å². The number of aromatic hydroxyl groups is 2. The molecule has 106 valence electrons. The first-order valence-electron chi connectivity index (χ1n) is 6.83. The van der Waals surface area contributed by atoms with Crippen LogP contribution in [-0.4, -0.2) is 15.2 Å². The predicted octanol–water partition coefficient (Wildman–Crippen LogP) is 4.38. The number of benzene rings is 2. The molecule has 0 fully saturated rings. The zero-order chi connectivity index (χ0) is 15.0. The number of rotatable bonds is 2. The van der Waals surface area contributed by atoms with Gasteiger partial charge in [0.15, 0.2) is 0 Å². The standard InChI is InChI=1S/C18H17NO2/c1-11-3-7-17(20)13(9-11)15-5-6-16(19-15)14-10-12(2)4-8-18(14)21/h3-10,19-21H,1-2H3. The Kier molecular flexibility index (Phi) is 3.18. The van der Waals surface area contributed by atoms with Gasteiger partial charge in [0.2, 0.25) is 0 Å². The van der Waals surface area contributed by atoms with Gasteiger partial charge in [-0.3, -0.25) is 0 Å². The van der Waals surface area contributed by atoms with Gasteiger partial charge in [-0.15, -0.1) is 0 Å². The van der Waals surface area contributed by atoms with Crippen LogP contribution in [0.2, 0.25) is 0 Å². The van der Waals surface area contributed by atoms with Gasteiger partial charge in [-0.05, 0) is 50.2 Å². The minimum atomic E-state index is 0.238. The Morgan fingerprint density at radius 3 is 1.52 bits per heavy atom. The molecular weight excluding hydrogens is 262 g/mol. The first-order valence-corrected chi connectivity index (χ1v) is 6.83. The molecule has 0 saturated carbocycles. The fourth-order valence-corrected chi connectivity index (χ4v) is 2.44. The average molecular weight is 279 g/mol. The maximum atomic E-state index is 10.00. The van der Waals surface area contributed by atoms with Gasteiger partial charge in [0.25, 0.3) is 0 Å². The van der Waals surface area contributed by atoms with Crippen LogP contribution >= 0.6 is 0 Å². The number of phenols is 2. The lowest BCUT2D eigenvalue weighted by Gasteiger charge is -2.05. The number of hydrogen-bond donors (Lipinski definition) is 3. The molecule has 0 unspecified atom stereocenters. The molecule has 1 aromatic heterocycles. The number of H-pyrrole nitrogens is 1. The van der Waals surface area contributed by atoms with Gasteiger partial charge in [-0.25, -0.2) is 0 Å². The van der Waals surface area contributed by atoms with Gasteiger partial charge in [0, 0.05) is 22.5 Å². The molecule has 0 atom stereocenters. The molecule has 0 aliphatic heterocycles. The van der Waals surface area contributed by atoms with Crippen LogP contribution in [0.5, 0.6) is 11.5 Å². The van der Waals surface area contributed by atoms with Crippen LogP contribution in [0.4, 0.5) is 0 Å². The lowest BCUT2D eigenvalue weighted by Crippen LogP contribution is -1.84. The Balaban J connectivity index is 2.08. The summed E-state index contributed by atoms with van der Waals surface area (Å²) in [5.41, 5.74) is 5.33. The number of hydrogen-bond acceptors (Lipinski definition) is 2. The smallest absolute Gasteiger partial charge is 0.124 e. The highest BCUT2D eigenvalue weighted by molar-refractivity contribution is 5.75. The van der Waals surface area contributed by atoms with E-state index in [0.29, 0.717) is 0 Å². The monoisotopic (exact) mass is 279 g/mol. The van der Waals surface area contributed by atoms with Crippen molar-refractivity contribution in [3.8, 4) is 34.0 Å². The summed E-state index contributed by atoms with van der Waals surface area (Å²) in [4.78, 5) is 3.26. The second kappa shape index (κ2) is 5.02. The Labute approximate surface area is 123 Å². The lowest BCUT2D eigenvalue weighted by molar-refractivity contribution is 0.477. The molecule has 1 heterocycles. The molecule has 0 radical (unpaired) electrons. The highest BCUT2D eigenvalue weighted by atomic mass is 16.3. The summed E-state index contributed by atoms with van der Waals surface area (Å²) in [6.07, 6.45) is 0. The van der Waals surface area contributed by atoms with Crippen LogP contribution in [0.1, 0.15) is 11.1 Å². The van der Waals surface area contributed by atoms with E-state index in [9.17, 15) is 10.2 Å². The third kappa shape index (κ3) is 2.50. The van der Waals surface area contributed by atoms with Crippen LogP contribution < -0.4 is 0 Å². The van der Waals surface area contributed by atoms with Crippen molar-refractivity contribution in [3.05, 3.63) is 59.7 Å². The second-order valence-electron chi connectivity index (χ2n) is 5.33. The fourth-order valence-electron chi connectivity index (χ4n) is 2.44. The van der Waals surface area contributed by atoms with Gasteiger partial charge >= 0.3 is 0 Å². The molecule has 0 bridgehead atoms. The molecule has 0 amide bonds. The first kappa shape index (κ1) is 13.3. The molecular formula is C18H17NO2. The first-order chi connectivity index (χ1) is 10.0. The molecule has 3 rings (SSSR count). The van der Waals surface area contributed by atoms with E-state index in [1.54, 1.807) is 12.1 Å². The van der Waals surface area contributed by atoms with Gasteiger partial charge in [-0.1, -0.05) is 23.3 Å². The number of phenolic OH excluding ortho intramolecular Hbond substituents is 2. The zero-order valence-corrected chi connectivity index (χ0v) is 12.0. The Morgan fingerprint density at radius 1 is 0.667 bits per heavy atom. The number of aromatic nitrogens is 1. The molecule has 3 aromatic rings. The highest BCUT2D eigenvalue weighted by Gasteiger charge is 2.10. The number of aromatic amines is 1. The Bertz CT molecular complexity index is 737. The van der Waals surface area contributed by atoms with E-state index in [1.165, 1.54) is 0 Å². The average Bonchev–Trinajstić information content (AvgIpc) is 2.93. The van der Waals surface area contributed by atoms with Crippen molar-refractivity contribution in [3.63, 3.8) is 0 Å². The van der Waals surface area contributed by atoms with Crippen molar-refractivity contribution in [1.29, 1.82) is 0 Å². The van der Waals surface area contributed by atoms with E-state index in [1.807, 2.05) is 50.2 Å². The van der Waals surface area contributed by atoms with Crippen molar-refractivity contribution in [2.75, 3.05) is 0 Å². The van der Waals surface area contributed by atoms with Crippen LogP contribution in [0.15, 0.2) is 48.5 Å². The van der Waals surface area contributed by atoms with E-state index >= 15 is 0 Å². The third-order valence-corrected chi connectivity index (χ3v) is 3.57. The van der Waals surface area contributed by atoms with Gasteiger partial charge in [0.05, 0.1) is 0 Å². The van der Waals surface area contributed by atoms with Crippen molar-refractivity contribution in [2.45, 2.75) is 13.8 Å². The number of nitrogens with one attached hydrogen (secondary N) is 1. The van der Waals surface area contributed by atoms with Crippen LogP contribution in [0.3, 0.4) is 0 Å². The molecule has 21 heavy (non-hydrogen) atoms. The highest BCUT2D eigenvalue weighted by Crippen LogP contribution is 2.34. The Morgan fingerprint density at radius 2 is 1.10 bits per heavy atom. The minimum absolute atomic E-state index is 0.238. The topological polar surface area (TPSA) is 56.2 Å². The minimum Gasteiger partial charge on any atom is -0.507 e. The summed E-state index contributed by atoms with van der Waals surface area (Å²) in [6.45, 7) is 3.97. The second-order valence-corrected chi connectivity index (χ2v) is 5.33. The van der Waals surface area contributed by atoms with Gasteiger partial charge < -0.3 is 15.2 Å². The SMILES string of the molecule is Cc1ccc(O)c(-c2ccc(-c3cc(C)ccc3O)[nH]2)c1. The summed E-state index contributed by atoms with van der Waals surface area (Å²) < 4.78 is 0. The summed E-state index contributed by atoms with van der Waals surface area (Å²) >= 11 is 0. The Hall–Kier alpha value is -2.68. The summed E-state index contributed by atoms with van der Waals surface area (Å²) in [6, 6.07) is 14.8. The van der Waals surface area contributed by atoms with Crippen molar-refractivity contribution < 1.29 is 10.2 Å². The summed E-state index contributed by atoms with van der Waals surface area (Å²) in [5.74, 6) is 0.477. The molecule has 3 N–H and O–H groups in total. The van der Waals surface area contributed by atoms with E-state index in [2.05, 4.69) is 4.98 Å². The van der Waals surface area contributed by atoms with E-state index in [4.69, 9.17) is 0 Å². The predicted molar refractivity (Wildman–Crippen MR) is 84.5 cm³/mol. The molecule has 3 heteroatoms. The molecule has 0 saturated heterocycles. The van der Waals surface area contributed by atoms with Crippen LogP contribution in [0.25, 0.3) is 22.5 Å². The van der Waals surface area contributed by atoms with Crippen molar-refractivity contribution in [1.82, 2.24) is 4.98 Å². The van der Waals surface area contributed by atoms with Gasteiger partial charge in [0.1, 0.15) is 11.5 Å². The number of aryl methyl sites for hydroxylation is 2. The molecule has 0 aliphatic carbocycles. The molecule has 2 aromatic carbocycles. The van der Waals surface area contributed by atoms with Crippen molar-refractivity contribution in [2.24, 2.45) is 0 Å². The maximum Gasteiger partial charge on any atom is 0.124 e. The molecule has 3 nitrogen and oxygen atoms in total. The summed E-state index contributed by atoms with van der Waals surface area (Å²) in [7, 11) is 0. The maximum absolute atomic E-state index is 10.00. The largest absolute Gasteiger partial charge is 0.507 e. The van der Waals surface area contributed by atoms with Crippen LogP contribution in [-0.2, 0) is 0 Å². The lowest BCUT2D eigenvalue weighted by atomic mass is 10.1.